The van der Waals surface area contributed by atoms with E-state index in [-0.39, 0.29) is 18.9 Å². The smallest absolute Gasteiger partial charge is 0.222 e. The monoisotopic (exact) mass is 744 g/mol. The van der Waals surface area contributed by atoms with Crippen LogP contribution in [-0.4, -0.2) is 46.1 Å². The number of amides is 1. The first kappa shape index (κ1) is 51.3. The second-order valence-corrected chi connectivity index (χ2v) is 15.6. The summed E-state index contributed by atoms with van der Waals surface area (Å²) in [5.41, 5.74) is 0. The molecule has 3 unspecified atom stereocenters. The van der Waals surface area contributed by atoms with Gasteiger partial charge >= 0.3 is 0 Å². The highest BCUT2D eigenvalue weighted by atomic mass is 16.3. The van der Waals surface area contributed by atoms with E-state index in [0.29, 0.717) is 6.42 Å². The lowest BCUT2D eigenvalue weighted by Gasteiger charge is -2.21. The summed E-state index contributed by atoms with van der Waals surface area (Å²) in [4.78, 5) is 12.4. The molecule has 310 valence electrons. The number of rotatable bonds is 41. The van der Waals surface area contributed by atoms with Crippen LogP contribution in [0.15, 0.2) is 48.6 Å². The second kappa shape index (κ2) is 43.0. The molecule has 0 heterocycles. The number of carbonyl (C=O) groups is 1. The molecule has 0 aliphatic carbocycles. The summed E-state index contributed by atoms with van der Waals surface area (Å²) in [7, 11) is 0. The van der Waals surface area contributed by atoms with E-state index in [0.717, 1.165) is 38.5 Å². The van der Waals surface area contributed by atoms with Crippen molar-refractivity contribution in [2.24, 2.45) is 0 Å². The number of carbonyl (C=O) groups excluding carboxylic acids is 1. The molecule has 0 aromatic heterocycles. The summed E-state index contributed by atoms with van der Waals surface area (Å²) in [6.07, 6.45) is 55.5. The Morgan fingerprint density at radius 3 is 1.32 bits per heavy atom. The topological polar surface area (TPSA) is 89.8 Å². The predicted octanol–water partition coefficient (Wildman–Crippen LogP) is 13.3. The van der Waals surface area contributed by atoms with Crippen molar-refractivity contribution in [1.29, 1.82) is 0 Å². The summed E-state index contributed by atoms with van der Waals surface area (Å²) in [6.45, 7) is 4.19. The molecule has 0 radical (unpaired) electrons. The van der Waals surface area contributed by atoms with Crippen molar-refractivity contribution in [1.82, 2.24) is 5.32 Å². The van der Waals surface area contributed by atoms with Gasteiger partial charge in [-0.25, -0.2) is 0 Å². The number of hydrogen-bond acceptors (Lipinski definition) is 4. The number of allylic oxidation sites excluding steroid dienone is 7. The molecule has 0 bridgehead atoms. The standard InChI is InChI=1S/C48H89NO4/c1-3-5-7-9-11-13-15-17-18-19-20-21-22-23-24-25-26-27-28-30-31-33-35-37-39-41-45(51)43-48(53)49-46(44-50)47(52)42-40-38-36-34-32-29-16-14-12-10-8-6-4-2/h20-21,23-24,32,34,40,42,45-47,50-52H,3-19,22,25-31,33,35-39,41,43-44H2,1-2H3,(H,49,53)/b21-20-,24-23-,34-32+,42-40+. The first-order chi connectivity index (χ1) is 26.0. The molecule has 0 aliphatic heterocycles. The predicted molar refractivity (Wildman–Crippen MR) is 231 cm³/mol. The molecular formula is C48H89NO4. The van der Waals surface area contributed by atoms with Gasteiger partial charge in [0.05, 0.1) is 31.3 Å². The Labute approximate surface area is 329 Å². The van der Waals surface area contributed by atoms with Crippen molar-refractivity contribution < 1.29 is 20.1 Å². The van der Waals surface area contributed by atoms with E-state index < -0.39 is 18.2 Å². The third kappa shape index (κ3) is 39.8. The molecule has 0 rings (SSSR count). The number of unbranched alkanes of at least 4 members (excludes halogenated alkanes) is 26. The molecule has 0 saturated carbocycles. The van der Waals surface area contributed by atoms with E-state index in [1.165, 1.54) is 161 Å². The molecule has 5 nitrogen and oxygen atoms in total. The van der Waals surface area contributed by atoms with Crippen LogP contribution in [0.1, 0.15) is 226 Å². The molecular weight excluding hydrogens is 655 g/mol. The molecule has 4 N–H and O–H groups in total. The summed E-state index contributed by atoms with van der Waals surface area (Å²) in [5.74, 6) is -0.329. The highest BCUT2D eigenvalue weighted by molar-refractivity contribution is 5.76. The molecule has 0 fully saturated rings. The molecule has 3 atom stereocenters. The van der Waals surface area contributed by atoms with Crippen molar-refractivity contribution in [3.05, 3.63) is 48.6 Å². The van der Waals surface area contributed by atoms with E-state index in [4.69, 9.17) is 0 Å². The highest BCUT2D eigenvalue weighted by Gasteiger charge is 2.20. The van der Waals surface area contributed by atoms with E-state index in [9.17, 15) is 20.1 Å². The zero-order valence-electron chi connectivity index (χ0n) is 35.1. The average Bonchev–Trinajstić information content (AvgIpc) is 3.15. The van der Waals surface area contributed by atoms with Gasteiger partial charge in [0.15, 0.2) is 0 Å². The minimum absolute atomic E-state index is 0.00174. The van der Waals surface area contributed by atoms with Gasteiger partial charge in [-0.2, -0.15) is 0 Å². The highest BCUT2D eigenvalue weighted by Crippen LogP contribution is 2.14. The molecule has 53 heavy (non-hydrogen) atoms. The van der Waals surface area contributed by atoms with Crippen molar-refractivity contribution in [2.75, 3.05) is 6.61 Å². The van der Waals surface area contributed by atoms with Gasteiger partial charge in [0.25, 0.3) is 0 Å². The SMILES string of the molecule is CCCCCCCCC/C=C/CC/C=C/C(O)C(CO)NC(=O)CC(O)CCCCCCCCCCC/C=C\C/C=C\CCCCCCCCCCC. The van der Waals surface area contributed by atoms with Crippen LogP contribution >= 0.6 is 0 Å². The number of nitrogens with one attached hydrogen (secondary N) is 1. The first-order valence-corrected chi connectivity index (χ1v) is 22.9. The Bertz CT molecular complexity index is 866. The number of aliphatic hydroxyl groups is 3. The number of aliphatic hydroxyl groups excluding tert-OH is 3. The normalized spacial score (nSPS) is 14.0. The van der Waals surface area contributed by atoms with Crippen LogP contribution < -0.4 is 5.32 Å². The van der Waals surface area contributed by atoms with Crippen LogP contribution in [0.3, 0.4) is 0 Å². The largest absolute Gasteiger partial charge is 0.394 e. The molecule has 0 aliphatic rings. The molecule has 1 amide bonds. The zero-order valence-corrected chi connectivity index (χ0v) is 35.1. The minimum atomic E-state index is -0.953. The maximum Gasteiger partial charge on any atom is 0.222 e. The van der Waals surface area contributed by atoms with Crippen LogP contribution in [0.25, 0.3) is 0 Å². The van der Waals surface area contributed by atoms with Gasteiger partial charge in [0.2, 0.25) is 5.91 Å². The summed E-state index contributed by atoms with van der Waals surface area (Å²) < 4.78 is 0. The fraction of sp³-hybridized carbons (Fsp3) is 0.812. The van der Waals surface area contributed by atoms with Crippen molar-refractivity contribution in [3.8, 4) is 0 Å². The maximum absolute atomic E-state index is 12.4. The van der Waals surface area contributed by atoms with Crippen LogP contribution in [0.4, 0.5) is 0 Å². The minimum Gasteiger partial charge on any atom is -0.394 e. The lowest BCUT2D eigenvalue weighted by atomic mass is 10.0. The lowest BCUT2D eigenvalue weighted by Crippen LogP contribution is -2.45. The van der Waals surface area contributed by atoms with E-state index in [1.807, 2.05) is 6.08 Å². The van der Waals surface area contributed by atoms with Gasteiger partial charge in [0.1, 0.15) is 0 Å². The molecule has 5 heteroatoms. The van der Waals surface area contributed by atoms with E-state index in [1.54, 1.807) is 6.08 Å². The van der Waals surface area contributed by atoms with Crippen LogP contribution in [0, 0.1) is 0 Å². The van der Waals surface area contributed by atoms with Crippen LogP contribution in [0.2, 0.25) is 0 Å². The maximum atomic E-state index is 12.4. The third-order valence-corrected chi connectivity index (χ3v) is 10.3. The zero-order chi connectivity index (χ0) is 38.7. The summed E-state index contributed by atoms with van der Waals surface area (Å²) >= 11 is 0. The van der Waals surface area contributed by atoms with E-state index >= 15 is 0 Å². The van der Waals surface area contributed by atoms with Crippen molar-refractivity contribution in [3.63, 3.8) is 0 Å². The second-order valence-electron chi connectivity index (χ2n) is 15.6. The Hall–Kier alpha value is -1.69. The summed E-state index contributed by atoms with van der Waals surface area (Å²) in [6, 6.07) is -0.762. The van der Waals surface area contributed by atoms with Crippen molar-refractivity contribution >= 4 is 5.91 Å². The quantitative estimate of drug-likeness (QED) is 0.0371. The molecule has 0 saturated heterocycles. The van der Waals surface area contributed by atoms with Gasteiger partial charge < -0.3 is 20.6 Å². The Morgan fingerprint density at radius 1 is 0.491 bits per heavy atom. The van der Waals surface area contributed by atoms with Gasteiger partial charge in [-0.05, 0) is 64.2 Å². The first-order valence-electron chi connectivity index (χ1n) is 22.9. The van der Waals surface area contributed by atoms with Gasteiger partial charge in [-0.15, -0.1) is 0 Å². The fourth-order valence-electron chi connectivity index (χ4n) is 6.80. The van der Waals surface area contributed by atoms with E-state index in [2.05, 4.69) is 55.6 Å². The lowest BCUT2D eigenvalue weighted by molar-refractivity contribution is -0.124. The Kier molecular flexibility index (Phi) is 41.7. The fourth-order valence-corrected chi connectivity index (χ4v) is 6.80. The summed E-state index contributed by atoms with van der Waals surface area (Å²) in [5, 5.41) is 33.2. The average molecular weight is 744 g/mol. The molecule has 0 spiro atoms. The van der Waals surface area contributed by atoms with Crippen LogP contribution in [-0.2, 0) is 4.79 Å². The van der Waals surface area contributed by atoms with Crippen molar-refractivity contribution in [2.45, 2.75) is 244 Å². The number of hydrogen-bond donors (Lipinski definition) is 4. The van der Waals surface area contributed by atoms with Crippen LogP contribution in [0.5, 0.6) is 0 Å². The van der Waals surface area contributed by atoms with Gasteiger partial charge in [-0.3, -0.25) is 4.79 Å². The third-order valence-electron chi connectivity index (χ3n) is 10.3. The molecule has 0 aromatic rings. The Balaban J connectivity index is 3.66. The molecule has 0 aromatic carbocycles. The van der Waals surface area contributed by atoms with Gasteiger partial charge in [-0.1, -0.05) is 204 Å². The van der Waals surface area contributed by atoms with Gasteiger partial charge in [0, 0.05) is 0 Å². The Morgan fingerprint density at radius 2 is 0.868 bits per heavy atom.